The van der Waals surface area contributed by atoms with Gasteiger partial charge in [0.15, 0.2) is 0 Å². The first-order chi connectivity index (χ1) is 13.7. The van der Waals surface area contributed by atoms with Crippen molar-refractivity contribution < 1.29 is 4.79 Å². The molecule has 1 aliphatic heterocycles. The van der Waals surface area contributed by atoms with Gasteiger partial charge in [0.1, 0.15) is 0 Å². The molecule has 3 aromatic rings. The van der Waals surface area contributed by atoms with Crippen LogP contribution in [0, 0.1) is 0 Å². The molecule has 0 bridgehead atoms. The number of primary amides is 1. The lowest BCUT2D eigenvalue weighted by atomic mass is 9.81. The average Bonchev–Trinajstić information content (AvgIpc) is 3.55. The average molecular weight is 368 g/mol. The lowest BCUT2D eigenvalue weighted by Gasteiger charge is -2.23. The summed E-state index contributed by atoms with van der Waals surface area (Å²) in [5.74, 6) is -0.335. The topological polar surface area (TPSA) is 55.1 Å². The fraction of sp³-hybridized carbons (Fsp3) is 0.240. The Kier molecular flexibility index (Phi) is 4.06. The highest BCUT2D eigenvalue weighted by atomic mass is 16.1. The van der Waals surface area contributed by atoms with E-state index in [0.29, 0.717) is 5.56 Å². The van der Waals surface area contributed by atoms with E-state index in [-0.39, 0.29) is 11.3 Å². The number of carbonyl (C=O) groups excluding carboxylic acids is 1. The van der Waals surface area contributed by atoms with Crippen molar-refractivity contribution in [2.24, 2.45) is 5.73 Å². The molecule has 0 radical (unpaired) electrons. The molecule has 1 aliphatic carbocycles. The second-order valence-electron chi connectivity index (χ2n) is 7.92. The highest BCUT2D eigenvalue weighted by Gasteiger charge is 2.48. The maximum atomic E-state index is 12.4. The number of hydrogen-bond acceptors (Lipinski definition) is 2. The second-order valence-corrected chi connectivity index (χ2v) is 7.92. The minimum Gasteiger partial charge on any atom is -0.366 e. The molecule has 140 valence electrons. The van der Waals surface area contributed by atoms with Crippen molar-refractivity contribution in [1.29, 1.82) is 0 Å². The summed E-state index contributed by atoms with van der Waals surface area (Å²) in [6.07, 6.45) is 5.29. The van der Waals surface area contributed by atoms with Gasteiger partial charge < -0.3 is 11.1 Å². The van der Waals surface area contributed by atoms with Crippen LogP contribution in [0.15, 0.2) is 66.7 Å². The number of hydrogen-bond donors (Lipinski definition) is 2. The van der Waals surface area contributed by atoms with E-state index >= 15 is 0 Å². The number of benzene rings is 3. The van der Waals surface area contributed by atoms with E-state index in [0.717, 1.165) is 43.5 Å². The SMILES string of the molecule is NC(=O)c1cc(C2=CCNCC2)ccc1C1(c2cccc3ccccc23)CC1. The molecule has 1 heterocycles. The molecule has 2 aliphatic rings. The molecule has 0 spiro atoms. The van der Waals surface area contributed by atoms with Gasteiger partial charge in [-0.3, -0.25) is 4.79 Å². The van der Waals surface area contributed by atoms with Crippen molar-refractivity contribution in [3.8, 4) is 0 Å². The van der Waals surface area contributed by atoms with Crippen molar-refractivity contribution in [2.45, 2.75) is 24.7 Å². The summed E-state index contributed by atoms with van der Waals surface area (Å²) < 4.78 is 0. The van der Waals surface area contributed by atoms with Gasteiger partial charge in [-0.25, -0.2) is 0 Å². The predicted molar refractivity (Wildman–Crippen MR) is 114 cm³/mol. The lowest BCUT2D eigenvalue weighted by Crippen LogP contribution is -2.22. The smallest absolute Gasteiger partial charge is 0.249 e. The van der Waals surface area contributed by atoms with Gasteiger partial charge in [0.2, 0.25) is 5.91 Å². The number of nitrogens with one attached hydrogen (secondary N) is 1. The van der Waals surface area contributed by atoms with Crippen LogP contribution in [0.2, 0.25) is 0 Å². The summed E-state index contributed by atoms with van der Waals surface area (Å²) in [7, 11) is 0. The van der Waals surface area contributed by atoms with E-state index in [4.69, 9.17) is 5.73 Å². The van der Waals surface area contributed by atoms with Crippen molar-refractivity contribution >= 4 is 22.3 Å². The van der Waals surface area contributed by atoms with Gasteiger partial charge in [-0.15, -0.1) is 0 Å². The number of nitrogens with two attached hydrogens (primary N) is 1. The summed E-state index contributed by atoms with van der Waals surface area (Å²) >= 11 is 0. The molecule has 5 rings (SSSR count). The van der Waals surface area contributed by atoms with E-state index in [1.807, 2.05) is 6.07 Å². The molecule has 0 aromatic heterocycles. The van der Waals surface area contributed by atoms with Crippen molar-refractivity contribution in [1.82, 2.24) is 5.32 Å². The Morgan fingerprint density at radius 1 is 0.964 bits per heavy atom. The minimum absolute atomic E-state index is 0.105. The van der Waals surface area contributed by atoms with Gasteiger partial charge >= 0.3 is 0 Å². The van der Waals surface area contributed by atoms with Gasteiger partial charge in [-0.2, -0.15) is 0 Å². The maximum Gasteiger partial charge on any atom is 0.249 e. The van der Waals surface area contributed by atoms with Crippen molar-refractivity contribution in [2.75, 3.05) is 13.1 Å². The second kappa shape index (κ2) is 6.61. The van der Waals surface area contributed by atoms with Crippen LogP contribution < -0.4 is 11.1 Å². The van der Waals surface area contributed by atoms with Gasteiger partial charge in [-0.05, 0) is 64.9 Å². The third-order valence-electron chi connectivity index (χ3n) is 6.29. The van der Waals surface area contributed by atoms with Crippen LogP contribution >= 0.6 is 0 Å². The van der Waals surface area contributed by atoms with Crippen LogP contribution in [0.1, 0.15) is 46.3 Å². The third kappa shape index (κ3) is 2.74. The number of carbonyl (C=O) groups is 1. The highest BCUT2D eigenvalue weighted by Crippen LogP contribution is 2.56. The van der Waals surface area contributed by atoms with Crippen molar-refractivity contribution in [3.63, 3.8) is 0 Å². The summed E-state index contributed by atoms with van der Waals surface area (Å²) in [5, 5.41) is 5.84. The number of fused-ring (bicyclic) bond motifs is 1. The molecule has 3 aromatic carbocycles. The van der Waals surface area contributed by atoms with Crippen LogP contribution in [-0.4, -0.2) is 19.0 Å². The van der Waals surface area contributed by atoms with Crippen LogP contribution in [0.25, 0.3) is 16.3 Å². The molecule has 1 saturated carbocycles. The minimum atomic E-state index is -0.335. The summed E-state index contributed by atoms with van der Waals surface area (Å²) in [4.78, 5) is 12.4. The molecule has 0 saturated heterocycles. The molecule has 28 heavy (non-hydrogen) atoms. The first-order valence-corrected chi connectivity index (χ1v) is 10.0. The van der Waals surface area contributed by atoms with Crippen LogP contribution in [0.4, 0.5) is 0 Å². The fourth-order valence-electron chi connectivity index (χ4n) is 4.70. The van der Waals surface area contributed by atoms with E-state index < -0.39 is 0 Å². The van der Waals surface area contributed by atoms with Crippen LogP contribution in [0.5, 0.6) is 0 Å². The molecule has 1 amide bonds. The zero-order valence-corrected chi connectivity index (χ0v) is 15.9. The Morgan fingerprint density at radius 2 is 1.79 bits per heavy atom. The first-order valence-electron chi connectivity index (χ1n) is 10.0. The lowest BCUT2D eigenvalue weighted by molar-refractivity contribution is 0.0999. The fourth-order valence-corrected chi connectivity index (χ4v) is 4.70. The molecule has 3 heteroatoms. The zero-order valence-electron chi connectivity index (χ0n) is 15.9. The summed E-state index contributed by atoms with van der Waals surface area (Å²) in [6, 6.07) is 21.3. The summed E-state index contributed by atoms with van der Waals surface area (Å²) in [6.45, 7) is 1.85. The number of rotatable bonds is 4. The van der Waals surface area contributed by atoms with Crippen LogP contribution in [0.3, 0.4) is 0 Å². The maximum absolute atomic E-state index is 12.4. The van der Waals surface area contributed by atoms with E-state index in [1.54, 1.807) is 0 Å². The van der Waals surface area contributed by atoms with Crippen LogP contribution in [-0.2, 0) is 5.41 Å². The highest BCUT2D eigenvalue weighted by molar-refractivity contribution is 5.97. The quantitative estimate of drug-likeness (QED) is 0.717. The Morgan fingerprint density at radius 3 is 2.54 bits per heavy atom. The molecule has 1 fully saturated rings. The number of amides is 1. The Labute approximate surface area is 165 Å². The third-order valence-corrected chi connectivity index (χ3v) is 6.29. The largest absolute Gasteiger partial charge is 0.366 e. The van der Waals surface area contributed by atoms with Gasteiger partial charge in [0.05, 0.1) is 0 Å². The zero-order chi connectivity index (χ0) is 19.1. The normalized spacial score (nSPS) is 17.9. The Balaban J connectivity index is 1.66. The molecule has 3 N–H and O–H groups in total. The van der Waals surface area contributed by atoms with E-state index in [1.165, 1.54) is 21.9 Å². The molecular weight excluding hydrogens is 344 g/mol. The Bertz CT molecular complexity index is 1100. The molecule has 0 unspecified atom stereocenters. The Hall–Kier alpha value is -2.91. The standard InChI is InChI=1S/C25H24N2O/c26-24(28)21-16-19(17-10-14-27-15-11-17)8-9-23(21)25(12-13-25)22-7-3-5-18-4-1-2-6-20(18)22/h1-10,16,27H,11-15H2,(H2,26,28). The molecular formula is C25H24N2O. The van der Waals surface area contributed by atoms with E-state index in [9.17, 15) is 4.79 Å². The van der Waals surface area contributed by atoms with Gasteiger partial charge in [-0.1, -0.05) is 60.7 Å². The summed E-state index contributed by atoms with van der Waals surface area (Å²) in [5.41, 5.74) is 11.2. The molecule has 0 atom stereocenters. The first kappa shape index (κ1) is 17.2. The van der Waals surface area contributed by atoms with Gasteiger partial charge in [0.25, 0.3) is 0 Å². The predicted octanol–water partition coefficient (Wildman–Crippen LogP) is 4.40. The van der Waals surface area contributed by atoms with Gasteiger partial charge in [0, 0.05) is 17.5 Å². The van der Waals surface area contributed by atoms with E-state index in [2.05, 4.69) is 66.0 Å². The van der Waals surface area contributed by atoms with Crippen molar-refractivity contribution in [3.05, 3.63) is 89.0 Å². The monoisotopic (exact) mass is 368 g/mol. The molecule has 3 nitrogen and oxygen atoms in total.